The summed E-state index contributed by atoms with van der Waals surface area (Å²) in [5, 5.41) is 29.6. The third-order valence-corrected chi connectivity index (χ3v) is 3.87. The lowest BCUT2D eigenvalue weighted by Crippen LogP contribution is -1.94. The smallest absolute Gasteiger partial charge is 0.165 e. The first-order valence-corrected chi connectivity index (χ1v) is 7.93. The van der Waals surface area contributed by atoms with Crippen LogP contribution in [-0.2, 0) is 12.8 Å². The summed E-state index contributed by atoms with van der Waals surface area (Å²) < 4.78 is 5.26. The highest BCUT2D eigenvalue weighted by Crippen LogP contribution is 2.42. The standard InChI is InChI=1S/C19H24O4/c1-3-5-14-11-16(19(22)18(12-14)23-2)15-10-13(6-4-9-20)7-8-17(15)21/h7-8,10-12,20-22H,3-6,9H2,1-2H3. The van der Waals surface area contributed by atoms with E-state index < -0.39 is 0 Å². The molecule has 0 spiro atoms. The van der Waals surface area contributed by atoms with E-state index in [1.807, 2.05) is 24.3 Å². The summed E-state index contributed by atoms with van der Waals surface area (Å²) in [4.78, 5) is 0. The van der Waals surface area contributed by atoms with E-state index in [2.05, 4.69) is 6.92 Å². The van der Waals surface area contributed by atoms with E-state index in [4.69, 9.17) is 9.84 Å². The Kier molecular flexibility index (Phi) is 5.88. The summed E-state index contributed by atoms with van der Waals surface area (Å²) in [5.41, 5.74) is 3.20. The van der Waals surface area contributed by atoms with E-state index in [9.17, 15) is 10.2 Å². The summed E-state index contributed by atoms with van der Waals surface area (Å²) in [6, 6.07) is 9.04. The average molecular weight is 316 g/mol. The molecule has 4 nitrogen and oxygen atoms in total. The van der Waals surface area contributed by atoms with Crippen LogP contribution in [0.5, 0.6) is 17.2 Å². The Balaban J connectivity index is 2.53. The van der Waals surface area contributed by atoms with Crippen molar-refractivity contribution < 1.29 is 20.1 Å². The van der Waals surface area contributed by atoms with E-state index in [0.717, 1.165) is 30.4 Å². The lowest BCUT2D eigenvalue weighted by molar-refractivity contribution is 0.288. The number of phenols is 2. The molecule has 0 saturated heterocycles. The maximum absolute atomic E-state index is 10.5. The summed E-state index contributed by atoms with van der Waals surface area (Å²) in [6.45, 7) is 2.22. The maximum atomic E-state index is 10.5. The summed E-state index contributed by atoms with van der Waals surface area (Å²) in [5.74, 6) is 0.553. The van der Waals surface area contributed by atoms with Crippen molar-refractivity contribution in [2.75, 3.05) is 13.7 Å². The zero-order valence-electron chi connectivity index (χ0n) is 13.7. The lowest BCUT2D eigenvalue weighted by atomic mass is 9.96. The van der Waals surface area contributed by atoms with E-state index in [1.54, 1.807) is 6.07 Å². The molecule has 4 heteroatoms. The van der Waals surface area contributed by atoms with Crippen molar-refractivity contribution in [3.8, 4) is 28.4 Å². The van der Waals surface area contributed by atoms with Gasteiger partial charge in [-0.05, 0) is 54.7 Å². The molecule has 0 atom stereocenters. The quantitative estimate of drug-likeness (QED) is 0.729. The Morgan fingerprint density at radius 1 is 0.957 bits per heavy atom. The largest absolute Gasteiger partial charge is 0.507 e. The van der Waals surface area contributed by atoms with Gasteiger partial charge in [0, 0.05) is 17.7 Å². The first kappa shape index (κ1) is 17.2. The van der Waals surface area contributed by atoms with Crippen LogP contribution in [0.2, 0.25) is 0 Å². The number of benzene rings is 2. The Morgan fingerprint density at radius 3 is 2.35 bits per heavy atom. The highest BCUT2D eigenvalue weighted by molar-refractivity contribution is 5.79. The molecule has 2 aromatic rings. The van der Waals surface area contributed by atoms with Crippen LogP contribution >= 0.6 is 0 Å². The van der Waals surface area contributed by atoms with Gasteiger partial charge in [-0.15, -0.1) is 0 Å². The van der Waals surface area contributed by atoms with Crippen molar-refractivity contribution in [3.63, 3.8) is 0 Å². The Labute approximate surface area is 137 Å². The normalized spacial score (nSPS) is 10.7. The Morgan fingerprint density at radius 2 is 1.70 bits per heavy atom. The highest BCUT2D eigenvalue weighted by Gasteiger charge is 2.15. The van der Waals surface area contributed by atoms with Crippen LogP contribution in [0, 0.1) is 0 Å². The zero-order chi connectivity index (χ0) is 16.8. The van der Waals surface area contributed by atoms with Gasteiger partial charge in [0.25, 0.3) is 0 Å². The van der Waals surface area contributed by atoms with Crippen molar-refractivity contribution >= 4 is 0 Å². The number of methoxy groups -OCH3 is 1. The predicted octanol–water partition coefficient (Wildman–Crippen LogP) is 3.65. The fourth-order valence-corrected chi connectivity index (χ4v) is 2.70. The second kappa shape index (κ2) is 7.88. The van der Waals surface area contributed by atoms with Crippen LogP contribution in [0.4, 0.5) is 0 Å². The molecular weight excluding hydrogens is 292 g/mol. The molecule has 0 aliphatic rings. The van der Waals surface area contributed by atoms with Gasteiger partial charge in [-0.3, -0.25) is 0 Å². The van der Waals surface area contributed by atoms with Gasteiger partial charge >= 0.3 is 0 Å². The van der Waals surface area contributed by atoms with Crippen molar-refractivity contribution in [2.24, 2.45) is 0 Å². The fourth-order valence-electron chi connectivity index (χ4n) is 2.70. The molecule has 0 unspecified atom stereocenters. The van der Waals surface area contributed by atoms with Gasteiger partial charge in [0.05, 0.1) is 7.11 Å². The third-order valence-electron chi connectivity index (χ3n) is 3.87. The van der Waals surface area contributed by atoms with Crippen molar-refractivity contribution in [1.82, 2.24) is 0 Å². The summed E-state index contributed by atoms with van der Waals surface area (Å²) in [7, 11) is 1.52. The predicted molar refractivity (Wildman–Crippen MR) is 91.2 cm³/mol. The molecule has 0 radical (unpaired) electrons. The number of aliphatic hydroxyl groups is 1. The second-order valence-corrected chi connectivity index (χ2v) is 5.62. The van der Waals surface area contributed by atoms with Crippen LogP contribution in [-0.4, -0.2) is 29.0 Å². The van der Waals surface area contributed by atoms with Gasteiger partial charge < -0.3 is 20.1 Å². The van der Waals surface area contributed by atoms with Crippen LogP contribution < -0.4 is 4.74 Å². The van der Waals surface area contributed by atoms with Crippen LogP contribution in [0.3, 0.4) is 0 Å². The number of phenolic OH excluding ortho intramolecular Hbond substituents is 2. The van der Waals surface area contributed by atoms with Crippen molar-refractivity contribution in [1.29, 1.82) is 0 Å². The summed E-state index contributed by atoms with van der Waals surface area (Å²) in [6.07, 6.45) is 3.23. The van der Waals surface area contributed by atoms with Crippen LogP contribution in [0.15, 0.2) is 30.3 Å². The molecule has 3 N–H and O–H groups in total. The number of ether oxygens (including phenoxy) is 1. The first-order chi connectivity index (χ1) is 11.1. The second-order valence-electron chi connectivity index (χ2n) is 5.62. The highest BCUT2D eigenvalue weighted by atomic mass is 16.5. The minimum Gasteiger partial charge on any atom is -0.507 e. The van der Waals surface area contributed by atoms with E-state index >= 15 is 0 Å². The zero-order valence-corrected chi connectivity index (χ0v) is 13.7. The van der Waals surface area contributed by atoms with E-state index in [1.165, 1.54) is 7.11 Å². The van der Waals surface area contributed by atoms with E-state index in [0.29, 0.717) is 23.3 Å². The number of aromatic hydroxyl groups is 2. The Hall–Kier alpha value is -2.20. The molecule has 0 heterocycles. The molecule has 0 aliphatic carbocycles. The molecule has 0 amide bonds. The number of aliphatic hydroxyl groups excluding tert-OH is 1. The van der Waals surface area contributed by atoms with Gasteiger partial charge in [-0.1, -0.05) is 19.4 Å². The van der Waals surface area contributed by atoms with Gasteiger partial charge in [0.15, 0.2) is 11.5 Å². The minimum absolute atomic E-state index is 0.0296. The molecule has 0 fully saturated rings. The minimum atomic E-state index is 0.0296. The van der Waals surface area contributed by atoms with Gasteiger partial charge in [0.1, 0.15) is 5.75 Å². The summed E-state index contributed by atoms with van der Waals surface area (Å²) >= 11 is 0. The number of hydrogen-bond donors (Lipinski definition) is 3. The average Bonchev–Trinajstić information content (AvgIpc) is 2.56. The van der Waals surface area contributed by atoms with E-state index in [-0.39, 0.29) is 18.1 Å². The van der Waals surface area contributed by atoms with Crippen LogP contribution in [0.25, 0.3) is 11.1 Å². The molecule has 0 aliphatic heterocycles. The molecule has 2 aromatic carbocycles. The number of rotatable bonds is 7. The lowest BCUT2D eigenvalue weighted by Gasteiger charge is -2.14. The van der Waals surface area contributed by atoms with Crippen molar-refractivity contribution in [3.05, 3.63) is 41.5 Å². The monoisotopic (exact) mass is 316 g/mol. The van der Waals surface area contributed by atoms with Gasteiger partial charge in [0.2, 0.25) is 0 Å². The van der Waals surface area contributed by atoms with Gasteiger partial charge in [-0.2, -0.15) is 0 Å². The number of hydrogen-bond acceptors (Lipinski definition) is 4. The molecule has 124 valence electrons. The maximum Gasteiger partial charge on any atom is 0.165 e. The van der Waals surface area contributed by atoms with Crippen LogP contribution in [0.1, 0.15) is 30.9 Å². The SMILES string of the molecule is CCCc1cc(OC)c(O)c(-c2cc(CCCO)ccc2O)c1. The third kappa shape index (κ3) is 3.96. The topological polar surface area (TPSA) is 69.9 Å². The molecule has 0 bridgehead atoms. The molecular formula is C19H24O4. The number of aryl methyl sites for hydroxylation is 2. The van der Waals surface area contributed by atoms with Gasteiger partial charge in [-0.25, -0.2) is 0 Å². The first-order valence-electron chi connectivity index (χ1n) is 7.93. The molecule has 2 rings (SSSR count). The van der Waals surface area contributed by atoms with Crippen molar-refractivity contribution in [2.45, 2.75) is 32.6 Å². The molecule has 23 heavy (non-hydrogen) atoms. The molecule has 0 saturated carbocycles. The Bertz CT molecular complexity index is 665. The molecule has 0 aromatic heterocycles. The fraction of sp³-hybridized carbons (Fsp3) is 0.368.